The first-order valence-corrected chi connectivity index (χ1v) is 13.4. The van der Waals surface area contributed by atoms with Crippen molar-refractivity contribution in [1.82, 2.24) is 9.88 Å². The van der Waals surface area contributed by atoms with Crippen molar-refractivity contribution < 1.29 is 4.74 Å². The van der Waals surface area contributed by atoms with Gasteiger partial charge in [0.05, 0.1) is 65.7 Å². The van der Waals surface area contributed by atoms with Crippen molar-refractivity contribution in [3.05, 3.63) is 89.9 Å². The van der Waals surface area contributed by atoms with Gasteiger partial charge in [-0.3, -0.25) is 14.9 Å². The van der Waals surface area contributed by atoms with Gasteiger partial charge in [0, 0.05) is 37.9 Å². The van der Waals surface area contributed by atoms with Crippen molar-refractivity contribution in [1.29, 1.82) is 0 Å². The average Bonchev–Trinajstić information content (AvgIpc) is 2.94. The number of anilines is 3. The van der Waals surface area contributed by atoms with E-state index in [0.717, 1.165) is 85.7 Å². The first-order chi connectivity index (χ1) is 18.7. The van der Waals surface area contributed by atoms with Crippen molar-refractivity contribution in [2.24, 2.45) is 9.98 Å². The molecule has 1 aromatic heterocycles. The van der Waals surface area contributed by atoms with Gasteiger partial charge in [0.15, 0.2) is 0 Å². The molecule has 7 nitrogen and oxygen atoms in total. The molecule has 1 fully saturated rings. The number of aromatic nitrogens is 1. The van der Waals surface area contributed by atoms with Crippen molar-refractivity contribution >= 4 is 34.2 Å². The van der Waals surface area contributed by atoms with E-state index in [2.05, 4.69) is 87.7 Å². The predicted molar refractivity (Wildman–Crippen MR) is 156 cm³/mol. The molecule has 2 aliphatic heterocycles. The molecular weight excluding hydrogens is 472 g/mol. The summed E-state index contributed by atoms with van der Waals surface area (Å²) >= 11 is 0. The molecule has 1 aliphatic carbocycles. The Hall–Kier alpha value is -3.81. The number of fused-ring (bicyclic) bond motifs is 2. The summed E-state index contributed by atoms with van der Waals surface area (Å²) < 4.78 is 5.52. The summed E-state index contributed by atoms with van der Waals surface area (Å²) in [5.74, 6) is 0. The Kier molecular flexibility index (Phi) is 7.03. The lowest BCUT2D eigenvalue weighted by Gasteiger charge is -2.40. The second kappa shape index (κ2) is 10.9. The van der Waals surface area contributed by atoms with E-state index in [0.29, 0.717) is 0 Å². The molecule has 1 saturated heterocycles. The molecule has 3 aliphatic rings. The monoisotopic (exact) mass is 506 g/mol. The standard InChI is InChI=1S/C31H34N6O/c1-22-9-11-24(12-10-22)37-30-8-4-3-6-26(30)35-29-20-28(34-25-7-5-13-32-23(25)2)27(21-31(29)37)33-14-15-36-16-18-38-19-17-36/h3-13,20,31,34H,14-19,21H2,1-2H3/b33-27+. The zero-order chi connectivity index (χ0) is 25.9. The number of aliphatic imine (C=N–C) groups is 2. The fraction of sp³-hybridized carbons (Fsp3) is 0.323. The second-order valence-electron chi connectivity index (χ2n) is 10.1. The number of hydrogen-bond acceptors (Lipinski definition) is 7. The molecule has 0 bridgehead atoms. The second-order valence-corrected chi connectivity index (χ2v) is 10.1. The SMILES string of the molecule is Cc1ccc(N2c3ccccc3N=C3C=C(Nc4cccnc4C)/C(=N/CCN4CCOCC4)CC32)cc1. The molecule has 1 unspecified atom stereocenters. The van der Waals surface area contributed by atoms with Crippen LogP contribution < -0.4 is 10.2 Å². The number of hydrogen-bond donors (Lipinski definition) is 1. The van der Waals surface area contributed by atoms with Gasteiger partial charge in [0.2, 0.25) is 0 Å². The molecule has 2 aromatic carbocycles. The molecule has 1 atom stereocenters. The number of ether oxygens (including phenoxy) is 1. The molecule has 194 valence electrons. The van der Waals surface area contributed by atoms with Crippen LogP contribution in [0.5, 0.6) is 0 Å². The predicted octanol–water partition coefficient (Wildman–Crippen LogP) is 5.46. The van der Waals surface area contributed by atoms with E-state index in [1.807, 2.05) is 19.2 Å². The van der Waals surface area contributed by atoms with Crippen LogP contribution in [0.2, 0.25) is 0 Å². The van der Waals surface area contributed by atoms with Gasteiger partial charge in [0.1, 0.15) is 0 Å². The summed E-state index contributed by atoms with van der Waals surface area (Å²) in [5.41, 5.74) is 9.60. The Morgan fingerprint density at radius 2 is 1.82 bits per heavy atom. The molecular formula is C31H34N6O. The minimum absolute atomic E-state index is 0.0651. The van der Waals surface area contributed by atoms with Crippen LogP contribution in [0.4, 0.5) is 22.7 Å². The van der Waals surface area contributed by atoms with E-state index < -0.39 is 0 Å². The fourth-order valence-corrected chi connectivity index (χ4v) is 5.32. The fourth-order valence-electron chi connectivity index (χ4n) is 5.32. The van der Waals surface area contributed by atoms with Crippen LogP contribution in [0.25, 0.3) is 0 Å². The summed E-state index contributed by atoms with van der Waals surface area (Å²) in [6.07, 6.45) is 4.78. The van der Waals surface area contributed by atoms with Gasteiger partial charge in [0.25, 0.3) is 0 Å². The van der Waals surface area contributed by atoms with E-state index in [4.69, 9.17) is 14.7 Å². The molecule has 7 heteroatoms. The molecule has 3 heterocycles. The quantitative estimate of drug-likeness (QED) is 0.481. The number of benzene rings is 2. The third kappa shape index (κ3) is 5.12. The number of nitrogens with zero attached hydrogens (tertiary/aromatic N) is 5. The maximum atomic E-state index is 5.52. The molecule has 38 heavy (non-hydrogen) atoms. The summed E-state index contributed by atoms with van der Waals surface area (Å²) in [7, 11) is 0. The molecule has 1 N–H and O–H groups in total. The largest absolute Gasteiger partial charge is 0.379 e. The van der Waals surface area contributed by atoms with Crippen molar-refractivity contribution in [3.63, 3.8) is 0 Å². The topological polar surface area (TPSA) is 65.3 Å². The smallest absolute Gasteiger partial charge is 0.0871 e. The lowest BCUT2D eigenvalue weighted by molar-refractivity contribution is 0.0394. The van der Waals surface area contributed by atoms with E-state index >= 15 is 0 Å². The molecule has 3 aromatic rings. The zero-order valence-corrected chi connectivity index (χ0v) is 22.1. The van der Waals surface area contributed by atoms with Crippen LogP contribution in [-0.2, 0) is 4.74 Å². The van der Waals surface area contributed by atoms with E-state index in [1.165, 1.54) is 11.3 Å². The van der Waals surface area contributed by atoms with Crippen molar-refractivity contribution in [2.75, 3.05) is 49.6 Å². The first kappa shape index (κ1) is 24.5. The molecule has 0 saturated carbocycles. The zero-order valence-electron chi connectivity index (χ0n) is 22.1. The Bertz CT molecular complexity index is 1390. The number of pyridine rings is 1. The number of allylic oxidation sites excluding steroid dienone is 1. The summed E-state index contributed by atoms with van der Waals surface area (Å²) in [5, 5.41) is 3.64. The molecule has 0 amide bonds. The van der Waals surface area contributed by atoms with Gasteiger partial charge in [-0.1, -0.05) is 29.8 Å². The van der Waals surface area contributed by atoms with E-state index in [-0.39, 0.29) is 6.04 Å². The van der Waals surface area contributed by atoms with E-state index in [1.54, 1.807) is 0 Å². The third-order valence-electron chi connectivity index (χ3n) is 7.44. The Balaban J connectivity index is 1.38. The van der Waals surface area contributed by atoms with E-state index in [9.17, 15) is 0 Å². The van der Waals surface area contributed by atoms with Crippen LogP contribution in [0.1, 0.15) is 17.7 Å². The van der Waals surface area contributed by atoms with Crippen LogP contribution >= 0.6 is 0 Å². The molecule has 6 rings (SSSR count). The summed E-state index contributed by atoms with van der Waals surface area (Å²) in [6.45, 7) is 9.38. The highest BCUT2D eigenvalue weighted by Crippen LogP contribution is 2.42. The third-order valence-corrected chi connectivity index (χ3v) is 7.44. The lowest BCUT2D eigenvalue weighted by atomic mass is 9.90. The number of aryl methyl sites for hydroxylation is 2. The molecule has 0 spiro atoms. The van der Waals surface area contributed by atoms with Crippen LogP contribution in [-0.4, -0.2) is 66.7 Å². The summed E-state index contributed by atoms with van der Waals surface area (Å²) in [6, 6.07) is 21.3. The Morgan fingerprint density at radius 1 is 1.00 bits per heavy atom. The average molecular weight is 507 g/mol. The van der Waals surface area contributed by atoms with Crippen LogP contribution in [0, 0.1) is 13.8 Å². The highest BCUT2D eigenvalue weighted by atomic mass is 16.5. The van der Waals surface area contributed by atoms with Gasteiger partial charge in [-0.05, 0) is 56.3 Å². The minimum atomic E-state index is 0.0651. The highest BCUT2D eigenvalue weighted by Gasteiger charge is 2.35. The van der Waals surface area contributed by atoms with Crippen LogP contribution in [0.3, 0.4) is 0 Å². The summed E-state index contributed by atoms with van der Waals surface area (Å²) in [4.78, 5) is 19.6. The lowest BCUT2D eigenvalue weighted by Crippen LogP contribution is -2.45. The first-order valence-electron chi connectivity index (χ1n) is 13.4. The minimum Gasteiger partial charge on any atom is -0.379 e. The maximum Gasteiger partial charge on any atom is 0.0871 e. The van der Waals surface area contributed by atoms with Crippen LogP contribution in [0.15, 0.2) is 88.6 Å². The number of morpholine rings is 1. The maximum absolute atomic E-state index is 5.52. The number of rotatable bonds is 6. The van der Waals surface area contributed by atoms with Gasteiger partial charge < -0.3 is 15.0 Å². The normalized spacial score (nSPS) is 20.4. The van der Waals surface area contributed by atoms with Gasteiger partial charge in [-0.2, -0.15) is 0 Å². The van der Waals surface area contributed by atoms with Crippen molar-refractivity contribution in [2.45, 2.75) is 26.3 Å². The van der Waals surface area contributed by atoms with Gasteiger partial charge >= 0.3 is 0 Å². The highest BCUT2D eigenvalue weighted by molar-refractivity contribution is 6.19. The number of para-hydroxylation sites is 2. The Labute approximate surface area is 224 Å². The molecule has 0 radical (unpaired) electrons. The van der Waals surface area contributed by atoms with Gasteiger partial charge in [-0.25, -0.2) is 4.99 Å². The Morgan fingerprint density at radius 3 is 2.63 bits per heavy atom. The van der Waals surface area contributed by atoms with Crippen molar-refractivity contribution in [3.8, 4) is 0 Å². The number of nitrogens with one attached hydrogen (secondary N) is 1. The van der Waals surface area contributed by atoms with Gasteiger partial charge in [-0.15, -0.1) is 0 Å².